The van der Waals surface area contributed by atoms with Crippen LogP contribution in [0.5, 0.6) is 5.75 Å². The molecule has 0 fully saturated rings. The highest BCUT2D eigenvalue weighted by Gasteiger charge is 2.24. The number of halogens is 1. The lowest BCUT2D eigenvalue weighted by molar-refractivity contribution is 0.00259. The van der Waals surface area contributed by atoms with E-state index in [0.29, 0.717) is 11.6 Å². The van der Waals surface area contributed by atoms with Crippen LogP contribution in [0.3, 0.4) is 0 Å². The molecule has 2 aromatic carbocycles. The minimum atomic E-state index is -0.190. The zero-order valence-electron chi connectivity index (χ0n) is 12.3. The quantitative estimate of drug-likeness (QED) is 0.846. The molecule has 2 atom stereocenters. The van der Waals surface area contributed by atoms with Crippen molar-refractivity contribution in [3.63, 3.8) is 0 Å². The molecule has 2 aromatic rings. The molecule has 0 aliphatic carbocycles. The van der Waals surface area contributed by atoms with Gasteiger partial charge in [-0.3, -0.25) is 0 Å². The monoisotopic (exact) mass is 305 g/mol. The van der Waals surface area contributed by atoms with Gasteiger partial charge in [0, 0.05) is 18.7 Å². The number of rotatable bonds is 7. The van der Waals surface area contributed by atoms with Gasteiger partial charge in [0.1, 0.15) is 11.9 Å². The summed E-state index contributed by atoms with van der Waals surface area (Å²) in [5.41, 5.74) is 1.08. The van der Waals surface area contributed by atoms with Crippen LogP contribution in [0.2, 0.25) is 5.02 Å². The Morgan fingerprint density at radius 3 is 2.29 bits per heavy atom. The van der Waals surface area contributed by atoms with Crippen LogP contribution in [0.1, 0.15) is 11.7 Å². The molecule has 1 N–H and O–H groups in total. The van der Waals surface area contributed by atoms with E-state index >= 15 is 0 Å². The summed E-state index contributed by atoms with van der Waals surface area (Å²) in [6.07, 6.45) is -0.280. The molecule has 112 valence electrons. The Morgan fingerprint density at radius 2 is 1.71 bits per heavy atom. The van der Waals surface area contributed by atoms with Crippen molar-refractivity contribution in [1.29, 1.82) is 0 Å². The van der Waals surface area contributed by atoms with Crippen LogP contribution in [0.4, 0.5) is 0 Å². The lowest BCUT2D eigenvalue weighted by atomic mass is 10.0. The Labute approximate surface area is 130 Å². The smallest absolute Gasteiger partial charge is 0.151 e. The third kappa shape index (κ3) is 4.46. The Bertz CT molecular complexity index is 530. The van der Waals surface area contributed by atoms with Crippen molar-refractivity contribution in [3.8, 4) is 5.75 Å². The second-order valence-corrected chi connectivity index (χ2v) is 5.17. The van der Waals surface area contributed by atoms with Crippen LogP contribution in [0, 0.1) is 0 Å². The van der Waals surface area contributed by atoms with Crippen LogP contribution in [-0.4, -0.2) is 26.8 Å². The second kappa shape index (κ2) is 8.03. The van der Waals surface area contributed by atoms with Crippen molar-refractivity contribution in [2.75, 3.05) is 20.7 Å². The van der Waals surface area contributed by atoms with E-state index in [4.69, 9.17) is 21.1 Å². The van der Waals surface area contributed by atoms with Crippen LogP contribution in [0.25, 0.3) is 0 Å². The Balaban J connectivity index is 2.24. The molecule has 0 saturated heterocycles. The topological polar surface area (TPSA) is 30.5 Å². The van der Waals surface area contributed by atoms with Gasteiger partial charge in [0.15, 0.2) is 6.10 Å². The number of likely N-dealkylation sites (N-methyl/N-ethyl adjacent to an activating group) is 1. The number of hydrogen-bond acceptors (Lipinski definition) is 3. The zero-order chi connectivity index (χ0) is 15.1. The third-order valence-corrected chi connectivity index (χ3v) is 3.50. The molecule has 0 bridgehead atoms. The Hall–Kier alpha value is -1.55. The normalized spacial score (nSPS) is 13.7. The van der Waals surface area contributed by atoms with Crippen molar-refractivity contribution < 1.29 is 9.47 Å². The standard InChI is InChI=1S/C17H20ClNO2/c1-19-12-16(20-2)17(13-6-4-3-5-7-13)21-15-10-8-14(18)9-11-15/h3-11,16-17,19H,12H2,1-2H3. The molecule has 0 aromatic heterocycles. The van der Waals surface area contributed by atoms with Crippen LogP contribution < -0.4 is 10.1 Å². The summed E-state index contributed by atoms with van der Waals surface area (Å²) in [5, 5.41) is 3.83. The fraction of sp³-hybridized carbons (Fsp3) is 0.294. The first-order valence-electron chi connectivity index (χ1n) is 6.89. The number of nitrogens with one attached hydrogen (secondary N) is 1. The van der Waals surface area contributed by atoms with Crippen LogP contribution in [-0.2, 0) is 4.74 Å². The summed E-state index contributed by atoms with van der Waals surface area (Å²) >= 11 is 5.91. The van der Waals surface area contributed by atoms with Crippen molar-refractivity contribution in [2.24, 2.45) is 0 Å². The first-order chi connectivity index (χ1) is 10.2. The van der Waals surface area contributed by atoms with Crippen LogP contribution >= 0.6 is 11.6 Å². The molecule has 0 heterocycles. The van der Waals surface area contributed by atoms with E-state index in [0.717, 1.165) is 11.3 Å². The highest BCUT2D eigenvalue weighted by Crippen LogP contribution is 2.27. The molecule has 0 saturated carbocycles. The molecule has 4 heteroatoms. The first kappa shape index (κ1) is 15.8. The number of methoxy groups -OCH3 is 1. The van der Waals surface area contributed by atoms with Gasteiger partial charge in [0.05, 0.1) is 0 Å². The summed E-state index contributed by atoms with van der Waals surface area (Å²) in [5.74, 6) is 0.770. The van der Waals surface area contributed by atoms with E-state index in [1.165, 1.54) is 0 Å². The average Bonchev–Trinajstić information content (AvgIpc) is 2.53. The van der Waals surface area contributed by atoms with Gasteiger partial charge < -0.3 is 14.8 Å². The summed E-state index contributed by atoms with van der Waals surface area (Å²) in [7, 11) is 3.60. The third-order valence-electron chi connectivity index (χ3n) is 3.25. The van der Waals surface area contributed by atoms with Gasteiger partial charge >= 0.3 is 0 Å². The molecule has 0 aliphatic heterocycles. The van der Waals surface area contributed by atoms with Crippen molar-refractivity contribution in [2.45, 2.75) is 12.2 Å². The van der Waals surface area contributed by atoms with Gasteiger partial charge in [-0.05, 0) is 36.9 Å². The number of benzene rings is 2. The SMILES string of the molecule is CNCC(OC)C(Oc1ccc(Cl)cc1)c1ccccc1. The van der Waals surface area contributed by atoms with Gasteiger partial charge in [0.2, 0.25) is 0 Å². The predicted octanol–water partition coefficient (Wildman–Crippen LogP) is 3.69. The molecule has 2 rings (SSSR count). The molecule has 0 radical (unpaired) electrons. The molecule has 0 amide bonds. The van der Waals surface area contributed by atoms with Gasteiger partial charge in [-0.15, -0.1) is 0 Å². The molecule has 0 spiro atoms. The van der Waals surface area contributed by atoms with Gasteiger partial charge in [-0.2, -0.15) is 0 Å². The fourth-order valence-corrected chi connectivity index (χ4v) is 2.30. The second-order valence-electron chi connectivity index (χ2n) is 4.73. The van der Waals surface area contributed by atoms with Crippen LogP contribution in [0.15, 0.2) is 54.6 Å². The maximum absolute atomic E-state index is 6.14. The Morgan fingerprint density at radius 1 is 1.05 bits per heavy atom. The van der Waals surface area contributed by atoms with Crippen molar-refractivity contribution in [3.05, 3.63) is 65.2 Å². The van der Waals surface area contributed by atoms with E-state index in [2.05, 4.69) is 5.32 Å². The maximum Gasteiger partial charge on any atom is 0.151 e. The zero-order valence-corrected chi connectivity index (χ0v) is 13.0. The van der Waals surface area contributed by atoms with E-state index in [1.807, 2.05) is 61.6 Å². The molecule has 2 unspecified atom stereocenters. The van der Waals surface area contributed by atoms with Gasteiger partial charge in [-0.1, -0.05) is 41.9 Å². The lowest BCUT2D eigenvalue weighted by Crippen LogP contribution is -2.34. The summed E-state index contributed by atoms with van der Waals surface area (Å²) in [4.78, 5) is 0. The highest BCUT2D eigenvalue weighted by molar-refractivity contribution is 6.30. The fourth-order valence-electron chi connectivity index (χ4n) is 2.18. The lowest BCUT2D eigenvalue weighted by Gasteiger charge is -2.27. The number of hydrogen-bond donors (Lipinski definition) is 1. The average molecular weight is 306 g/mol. The maximum atomic E-state index is 6.14. The molecular weight excluding hydrogens is 286 g/mol. The van der Waals surface area contributed by atoms with Crippen molar-refractivity contribution >= 4 is 11.6 Å². The minimum absolute atomic E-state index is 0.0897. The summed E-state index contributed by atoms with van der Waals surface area (Å²) in [6.45, 7) is 0.698. The summed E-state index contributed by atoms with van der Waals surface area (Å²) < 4.78 is 11.7. The van der Waals surface area contributed by atoms with Gasteiger partial charge in [-0.25, -0.2) is 0 Å². The largest absolute Gasteiger partial charge is 0.483 e. The van der Waals surface area contributed by atoms with Gasteiger partial charge in [0.25, 0.3) is 0 Å². The first-order valence-corrected chi connectivity index (χ1v) is 7.27. The van der Waals surface area contributed by atoms with E-state index in [1.54, 1.807) is 7.11 Å². The van der Waals surface area contributed by atoms with E-state index in [9.17, 15) is 0 Å². The molecule has 3 nitrogen and oxygen atoms in total. The highest BCUT2D eigenvalue weighted by atomic mass is 35.5. The molecular formula is C17H20ClNO2. The molecule has 21 heavy (non-hydrogen) atoms. The number of ether oxygens (including phenoxy) is 2. The molecule has 0 aliphatic rings. The van der Waals surface area contributed by atoms with E-state index < -0.39 is 0 Å². The Kier molecular flexibility index (Phi) is 6.05. The van der Waals surface area contributed by atoms with Crippen molar-refractivity contribution in [1.82, 2.24) is 5.32 Å². The van der Waals surface area contributed by atoms with E-state index in [-0.39, 0.29) is 12.2 Å². The summed E-state index contributed by atoms with van der Waals surface area (Å²) in [6, 6.07) is 17.4. The predicted molar refractivity (Wildman–Crippen MR) is 86.0 cm³/mol. The minimum Gasteiger partial charge on any atom is -0.483 e.